The minimum Gasteiger partial charge on any atom is -0.306 e. The molecule has 4 heterocycles. The average Bonchev–Trinajstić information content (AvgIpc) is 3.39. The molecule has 5 rings (SSSR count). The first kappa shape index (κ1) is 16.5. The summed E-state index contributed by atoms with van der Waals surface area (Å²) >= 11 is 0. The van der Waals surface area contributed by atoms with Gasteiger partial charge >= 0.3 is 0 Å². The van der Waals surface area contributed by atoms with Crippen molar-refractivity contribution in [3.05, 3.63) is 66.8 Å². The lowest BCUT2D eigenvalue weighted by molar-refractivity contribution is 0.527. The second-order valence-electron chi connectivity index (χ2n) is 6.54. The van der Waals surface area contributed by atoms with Crippen LogP contribution in [0, 0.1) is 5.82 Å². The molecule has 0 radical (unpaired) electrons. The molecule has 0 aliphatic heterocycles. The first-order valence-electron chi connectivity index (χ1n) is 8.97. The summed E-state index contributed by atoms with van der Waals surface area (Å²) in [7, 11) is 0. The highest BCUT2D eigenvalue weighted by Crippen LogP contribution is 2.30. The highest BCUT2D eigenvalue weighted by Gasteiger charge is 2.21. The number of H-pyrrole nitrogens is 1. The fourth-order valence-electron chi connectivity index (χ4n) is 3.50. The third kappa shape index (κ3) is 2.61. The number of aromatic nitrogens is 7. The Balaban J connectivity index is 1.67. The van der Waals surface area contributed by atoms with Gasteiger partial charge in [-0.15, -0.1) is 0 Å². The zero-order chi connectivity index (χ0) is 19.1. The first-order valence-corrected chi connectivity index (χ1v) is 8.97. The normalized spacial score (nSPS) is 12.6. The molecule has 1 atom stereocenters. The molecule has 5 aromatic rings. The Labute approximate surface area is 159 Å². The lowest BCUT2D eigenvalue weighted by Crippen LogP contribution is -2.11. The van der Waals surface area contributed by atoms with Gasteiger partial charge in [-0.1, -0.05) is 13.0 Å². The van der Waals surface area contributed by atoms with Gasteiger partial charge in [0.25, 0.3) is 0 Å². The fraction of sp³-hybridized carbons (Fsp3) is 0.150. The summed E-state index contributed by atoms with van der Waals surface area (Å²) < 4.78 is 16.8. The van der Waals surface area contributed by atoms with Gasteiger partial charge in [0.2, 0.25) is 0 Å². The maximum atomic E-state index is 14.9. The highest BCUT2D eigenvalue weighted by molar-refractivity contribution is 5.79. The van der Waals surface area contributed by atoms with Gasteiger partial charge in [0.1, 0.15) is 5.82 Å². The summed E-state index contributed by atoms with van der Waals surface area (Å²) in [4.78, 5) is 17.7. The van der Waals surface area contributed by atoms with Crippen LogP contribution in [0.25, 0.3) is 33.5 Å². The number of hydrogen-bond acceptors (Lipinski definition) is 5. The molecule has 0 saturated heterocycles. The number of imidazole rings is 1. The molecule has 0 amide bonds. The Morgan fingerprint density at radius 3 is 2.93 bits per heavy atom. The van der Waals surface area contributed by atoms with Crippen molar-refractivity contribution in [1.82, 2.24) is 34.7 Å². The minimum absolute atomic E-state index is 0.261. The number of nitrogens with one attached hydrogen (secondary N) is 1. The Hall–Kier alpha value is -3.68. The topological polar surface area (TPSA) is 85.2 Å². The van der Waals surface area contributed by atoms with Crippen molar-refractivity contribution in [1.29, 1.82) is 0 Å². The molecule has 28 heavy (non-hydrogen) atoms. The largest absolute Gasteiger partial charge is 0.306 e. The van der Waals surface area contributed by atoms with E-state index in [9.17, 15) is 4.39 Å². The third-order valence-corrected chi connectivity index (χ3v) is 4.88. The molecule has 8 heteroatoms. The molecule has 1 unspecified atom stereocenters. The van der Waals surface area contributed by atoms with Gasteiger partial charge in [0, 0.05) is 35.0 Å². The van der Waals surface area contributed by atoms with Crippen molar-refractivity contribution in [2.45, 2.75) is 19.4 Å². The van der Waals surface area contributed by atoms with Crippen LogP contribution >= 0.6 is 0 Å². The SMILES string of the molecule is CCC(c1cc2cccnc2cc1F)n1cnc2ncc(-c3cn[nH]c3)nc21. The quantitative estimate of drug-likeness (QED) is 0.516. The smallest absolute Gasteiger partial charge is 0.197 e. The summed E-state index contributed by atoms with van der Waals surface area (Å²) in [5, 5.41) is 7.63. The van der Waals surface area contributed by atoms with Crippen LogP contribution in [-0.2, 0) is 0 Å². The van der Waals surface area contributed by atoms with Crippen LogP contribution in [0.3, 0.4) is 0 Å². The minimum atomic E-state index is -0.293. The van der Waals surface area contributed by atoms with Gasteiger partial charge in [-0.2, -0.15) is 5.10 Å². The fourth-order valence-corrected chi connectivity index (χ4v) is 3.50. The monoisotopic (exact) mass is 373 g/mol. The maximum absolute atomic E-state index is 14.9. The molecule has 138 valence electrons. The van der Waals surface area contributed by atoms with E-state index in [0.717, 1.165) is 10.9 Å². The Bertz CT molecular complexity index is 1280. The summed E-state index contributed by atoms with van der Waals surface area (Å²) in [5.41, 5.74) is 3.86. The van der Waals surface area contributed by atoms with E-state index in [1.54, 1.807) is 31.1 Å². The van der Waals surface area contributed by atoms with E-state index in [0.29, 0.717) is 34.5 Å². The summed E-state index contributed by atoms with van der Waals surface area (Å²) in [6.07, 6.45) is 9.10. The van der Waals surface area contributed by atoms with Crippen molar-refractivity contribution in [3.63, 3.8) is 0 Å². The third-order valence-electron chi connectivity index (χ3n) is 4.88. The highest BCUT2D eigenvalue weighted by atomic mass is 19.1. The van der Waals surface area contributed by atoms with Crippen molar-refractivity contribution >= 4 is 22.2 Å². The molecule has 0 spiro atoms. The number of rotatable bonds is 4. The van der Waals surface area contributed by atoms with Crippen LogP contribution in [0.1, 0.15) is 24.9 Å². The van der Waals surface area contributed by atoms with Gasteiger partial charge in [0.05, 0.1) is 36.0 Å². The van der Waals surface area contributed by atoms with Crippen molar-refractivity contribution < 1.29 is 4.39 Å². The molecule has 4 aromatic heterocycles. The molecule has 7 nitrogen and oxygen atoms in total. The van der Waals surface area contributed by atoms with E-state index < -0.39 is 0 Å². The molecule has 0 bridgehead atoms. The maximum Gasteiger partial charge on any atom is 0.197 e. The molecule has 1 aromatic carbocycles. The zero-order valence-electron chi connectivity index (χ0n) is 15.0. The van der Waals surface area contributed by atoms with Gasteiger partial charge in [-0.05, 0) is 18.6 Å². The van der Waals surface area contributed by atoms with Crippen LogP contribution in [0.5, 0.6) is 0 Å². The number of hydrogen-bond donors (Lipinski definition) is 1. The second kappa shape index (κ2) is 6.49. The van der Waals surface area contributed by atoms with Crippen LogP contribution in [0.4, 0.5) is 4.39 Å². The molecule has 0 fully saturated rings. The Morgan fingerprint density at radius 2 is 2.11 bits per heavy atom. The number of fused-ring (bicyclic) bond motifs is 2. The predicted octanol–water partition coefficient (Wildman–Crippen LogP) is 3.90. The number of nitrogens with zero attached hydrogens (tertiary/aromatic N) is 6. The van der Waals surface area contributed by atoms with Crippen LogP contribution in [0.2, 0.25) is 0 Å². The molecule has 0 aliphatic carbocycles. The number of aromatic amines is 1. The van der Waals surface area contributed by atoms with Crippen molar-refractivity contribution in [3.8, 4) is 11.3 Å². The van der Waals surface area contributed by atoms with Crippen LogP contribution in [-0.4, -0.2) is 34.7 Å². The molecule has 0 aliphatic rings. The van der Waals surface area contributed by atoms with Crippen LogP contribution < -0.4 is 0 Å². The van der Waals surface area contributed by atoms with E-state index in [1.807, 2.05) is 29.7 Å². The van der Waals surface area contributed by atoms with Gasteiger partial charge in [-0.25, -0.2) is 19.3 Å². The first-order chi connectivity index (χ1) is 13.7. The number of pyridine rings is 1. The second-order valence-corrected chi connectivity index (χ2v) is 6.54. The van der Waals surface area contributed by atoms with Gasteiger partial charge < -0.3 is 4.57 Å². The van der Waals surface area contributed by atoms with E-state index in [2.05, 4.69) is 25.1 Å². The average molecular weight is 373 g/mol. The lowest BCUT2D eigenvalue weighted by Gasteiger charge is -2.19. The van der Waals surface area contributed by atoms with Crippen molar-refractivity contribution in [2.75, 3.05) is 0 Å². The van der Waals surface area contributed by atoms with Crippen LogP contribution in [0.15, 0.2) is 55.4 Å². The Morgan fingerprint density at radius 1 is 1.18 bits per heavy atom. The predicted molar refractivity (Wildman–Crippen MR) is 103 cm³/mol. The van der Waals surface area contributed by atoms with E-state index in [1.165, 1.54) is 6.07 Å². The number of benzene rings is 1. The summed E-state index contributed by atoms with van der Waals surface area (Å²) in [6, 6.07) is 6.85. The summed E-state index contributed by atoms with van der Waals surface area (Å²) in [6.45, 7) is 2.01. The van der Waals surface area contributed by atoms with E-state index in [4.69, 9.17) is 4.98 Å². The van der Waals surface area contributed by atoms with E-state index >= 15 is 0 Å². The van der Waals surface area contributed by atoms with Crippen molar-refractivity contribution in [2.24, 2.45) is 0 Å². The Kier molecular flexibility index (Phi) is 3.82. The molecular formula is C20H16FN7. The van der Waals surface area contributed by atoms with Gasteiger partial charge in [-0.3, -0.25) is 10.1 Å². The standard InChI is InChI=1S/C20H16FN7/c1-2-18(14-6-12-4-3-5-22-16(12)7-15(14)21)28-11-24-19-20(28)27-17(10-23-19)13-8-25-26-9-13/h3-11,18H,2H2,1H3,(H,25,26). The summed E-state index contributed by atoms with van der Waals surface area (Å²) in [5.74, 6) is -0.293. The molecule has 1 N–H and O–H groups in total. The van der Waals surface area contributed by atoms with Gasteiger partial charge in [0.15, 0.2) is 11.3 Å². The molecule has 0 saturated carbocycles. The van der Waals surface area contributed by atoms with E-state index in [-0.39, 0.29) is 11.9 Å². The number of halogens is 1. The molecular weight excluding hydrogens is 357 g/mol. The zero-order valence-corrected chi connectivity index (χ0v) is 15.0. The lowest BCUT2D eigenvalue weighted by atomic mass is 10.0.